The van der Waals surface area contributed by atoms with Crippen LogP contribution in [-0.2, 0) is 16.1 Å². The zero-order valence-electron chi connectivity index (χ0n) is 13.0. The number of likely N-dealkylation sites (tertiary alicyclic amines) is 1. The van der Waals surface area contributed by atoms with E-state index in [4.69, 9.17) is 4.74 Å². The van der Waals surface area contributed by atoms with Gasteiger partial charge in [0.1, 0.15) is 6.61 Å². The molecule has 120 valence electrons. The Kier molecular flexibility index (Phi) is 3.96. The molecule has 2 saturated heterocycles. The number of hydrogen-bond acceptors (Lipinski definition) is 4. The molecule has 1 saturated carbocycles. The Bertz CT molecular complexity index is 519. The number of thiophene rings is 1. The van der Waals surface area contributed by atoms with Crippen molar-refractivity contribution in [1.29, 1.82) is 0 Å². The van der Waals surface area contributed by atoms with E-state index in [0.29, 0.717) is 0 Å². The molecule has 3 heterocycles. The molecular formula is C17H24N2O2S. The van der Waals surface area contributed by atoms with Crippen LogP contribution < -0.4 is 0 Å². The van der Waals surface area contributed by atoms with E-state index in [9.17, 15) is 4.79 Å². The second-order valence-electron chi connectivity index (χ2n) is 7.04. The van der Waals surface area contributed by atoms with E-state index in [1.165, 1.54) is 17.7 Å². The summed E-state index contributed by atoms with van der Waals surface area (Å²) < 4.78 is 6.02. The molecule has 4 rings (SSSR count). The van der Waals surface area contributed by atoms with Gasteiger partial charge in [0.25, 0.3) is 0 Å². The van der Waals surface area contributed by atoms with Crippen molar-refractivity contribution in [3.63, 3.8) is 0 Å². The number of amides is 1. The minimum Gasteiger partial charge on any atom is -0.363 e. The largest absolute Gasteiger partial charge is 0.363 e. The summed E-state index contributed by atoms with van der Waals surface area (Å²) >= 11 is 1.83. The fraction of sp³-hybridized carbons (Fsp3) is 0.706. The fourth-order valence-corrected chi connectivity index (χ4v) is 4.36. The molecule has 0 radical (unpaired) electrons. The minimum absolute atomic E-state index is 0.0747. The SMILES string of the molecule is O=C1COC2(CCN(Cc3cccs3)CC2)CN1CC1CC1. The maximum absolute atomic E-state index is 12.1. The smallest absolute Gasteiger partial charge is 0.248 e. The number of morpholine rings is 1. The first-order valence-corrected chi connectivity index (χ1v) is 9.27. The van der Waals surface area contributed by atoms with Crippen molar-refractivity contribution in [3.05, 3.63) is 22.4 Å². The third-order valence-electron chi connectivity index (χ3n) is 5.24. The molecule has 1 aliphatic carbocycles. The summed E-state index contributed by atoms with van der Waals surface area (Å²) in [6.07, 6.45) is 4.69. The fourth-order valence-electron chi connectivity index (χ4n) is 3.61. The van der Waals surface area contributed by atoms with Gasteiger partial charge in [-0.1, -0.05) is 6.07 Å². The van der Waals surface area contributed by atoms with Crippen molar-refractivity contribution >= 4 is 17.2 Å². The van der Waals surface area contributed by atoms with Crippen molar-refractivity contribution in [3.8, 4) is 0 Å². The van der Waals surface area contributed by atoms with Gasteiger partial charge in [-0.05, 0) is 43.0 Å². The number of rotatable bonds is 4. The zero-order chi connectivity index (χ0) is 15.0. The molecule has 1 aromatic rings. The first kappa shape index (κ1) is 14.7. The Morgan fingerprint density at radius 2 is 2.14 bits per heavy atom. The molecule has 2 aliphatic heterocycles. The van der Waals surface area contributed by atoms with E-state index in [1.807, 2.05) is 11.3 Å². The maximum Gasteiger partial charge on any atom is 0.248 e. The van der Waals surface area contributed by atoms with E-state index in [0.717, 1.165) is 51.5 Å². The number of ether oxygens (including phenoxy) is 1. The molecule has 4 nitrogen and oxygen atoms in total. The van der Waals surface area contributed by atoms with E-state index in [2.05, 4.69) is 27.3 Å². The Morgan fingerprint density at radius 3 is 2.82 bits per heavy atom. The molecular weight excluding hydrogens is 296 g/mol. The average molecular weight is 320 g/mol. The number of piperidine rings is 1. The van der Waals surface area contributed by atoms with Crippen LogP contribution in [0.4, 0.5) is 0 Å². The summed E-state index contributed by atoms with van der Waals surface area (Å²) in [6.45, 7) is 5.26. The Morgan fingerprint density at radius 1 is 1.32 bits per heavy atom. The van der Waals surface area contributed by atoms with Crippen LogP contribution in [0, 0.1) is 5.92 Å². The van der Waals surface area contributed by atoms with Crippen molar-refractivity contribution in [2.24, 2.45) is 5.92 Å². The molecule has 0 unspecified atom stereocenters. The first-order chi connectivity index (χ1) is 10.7. The molecule has 3 fully saturated rings. The minimum atomic E-state index is -0.0747. The number of carbonyl (C=O) groups is 1. The zero-order valence-corrected chi connectivity index (χ0v) is 13.8. The summed E-state index contributed by atoms with van der Waals surface area (Å²) in [7, 11) is 0. The number of nitrogens with zero attached hydrogens (tertiary/aromatic N) is 2. The Labute approximate surface area is 136 Å². The highest BCUT2D eigenvalue weighted by molar-refractivity contribution is 7.09. The van der Waals surface area contributed by atoms with E-state index in [-0.39, 0.29) is 18.1 Å². The van der Waals surface area contributed by atoms with Gasteiger partial charge < -0.3 is 9.64 Å². The van der Waals surface area contributed by atoms with Crippen LogP contribution in [-0.4, -0.2) is 54.1 Å². The van der Waals surface area contributed by atoms with E-state index in [1.54, 1.807) is 0 Å². The van der Waals surface area contributed by atoms with Crippen LogP contribution in [0.25, 0.3) is 0 Å². The highest BCUT2D eigenvalue weighted by Gasteiger charge is 2.43. The Hall–Kier alpha value is -0.910. The third kappa shape index (κ3) is 3.21. The normalized spacial score (nSPS) is 25.8. The van der Waals surface area contributed by atoms with Crippen LogP contribution in [0.2, 0.25) is 0 Å². The van der Waals surface area contributed by atoms with Gasteiger partial charge in [0.15, 0.2) is 0 Å². The molecule has 0 bridgehead atoms. The molecule has 5 heteroatoms. The van der Waals surface area contributed by atoms with Crippen molar-refractivity contribution in [2.75, 3.05) is 32.8 Å². The maximum atomic E-state index is 12.1. The lowest BCUT2D eigenvalue weighted by Crippen LogP contribution is -2.58. The summed E-state index contributed by atoms with van der Waals surface area (Å²) in [4.78, 5) is 18.1. The van der Waals surface area contributed by atoms with Gasteiger partial charge in [-0.15, -0.1) is 11.3 Å². The molecule has 3 aliphatic rings. The summed E-state index contributed by atoms with van der Waals surface area (Å²) in [5.74, 6) is 0.955. The van der Waals surface area contributed by atoms with Gasteiger partial charge in [-0.25, -0.2) is 0 Å². The predicted octanol–water partition coefficient (Wildman–Crippen LogP) is 2.35. The Balaban J connectivity index is 1.33. The molecule has 0 aromatic carbocycles. The van der Waals surface area contributed by atoms with Crippen LogP contribution in [0.15, 0.2) is 17.5 Å². The number of carbonyl (C=O) groups excluding carboxylic acids is 1. The van der Waals surface area contributed by atoms with Crippen LogP contribution in [0.3, 0.4) is 0 Å². The van der Waals surface area contributed by atoms with Gasteiger partial charge in [0.05, 0.1) is 5.60 Å². The molecule has 1 amide bonds. The number of hydrogen-bond donors (Lipinski definition) is 0. The quantitative estimate of drug-likeness (QED) is 0.854. The summed E-state index contributed by atoms with van der Waals surface area (Å²) in [5.41, 5.74) is -0.0747. The lowest BCUT2D eigenvalue weighted by Gasteiger charge is -2.47. The lowest BCUT2D eigenvalue weighted by atomic mass is 9.89. The van der Waals surface area contributed by atoms with Gasteiger partial charge in [0.2, 0.25) is 5.91 Å². The topological polar surface area (TPSA) is 32.8 Å². The van der Waals surface area contributed by atoms with E-state index < -0.39 is 0 Å². The van der Waals surface area contributed by atoms with Crippen LogP contribution >= 0.6 is 11.3 Å². The van der Waals surface area contributed by atoms with Crippen molar-refractivity contribution in [1.82, 2.24) is 9.80 Å². The monoisotopic (exact) mass is 320 g/mol. The molecule has 1 spiro atoms. The van der Waals surface area contributed by atoms with Gasteiger partial charge >= 0.3 is 0 Å². The summed E-state index contributed by atoms with van der Waals surface area (Å²) in [6, 6.07) is 4.33. The standard InChI is InChI=1S/C17H24N2O2S/c20-16-12-21-17(13-19(16)10-14-3-4-14)5-7-18(8-6-17)11-15-2-1-9-22-15/h1-2,9,14H,3-8,10-13H2. The van der Waals surface area contributed by atoms with Gasteiger partial charge in [0, 0.05) is 37.6 Å². The molecule has 22 heavy (non-hydrogen) atoms. The highest BCUT2D eigenvalue weighted by atomic mass is 32.1. The van der Waals surface area contributed by atoms with Crippen LogP contribution in [0.5, 0.6) is 0 Å². The van der Waals surface area contributed by atoms with E-state index >= 15 is 0 Å². The van der Waals surface area contributed by atoms with Crippen molar-refractivity contribution < 1.29 is 9.53 Å². The third-order valence-corrected chi connectivity index (χ3v) is 6.10. The molecule has 0 atom stereocenters. The predicted molar refractivity (Wildman–Crippen MR) is 86.8 cm³/mol. The molecule has 1 aromatic heterocycles. The van der Waals surface area contributed by atoms with Gasteiger partial charge in [-0.3, -0.25) is 9.69 Å². The second-order valence-corrected chi connectivity index (χ2v) is 8.08. The molecule has 0 N–H and O–H groups in total. The first-order valence-electron chi connectivity index (χ1n) is 8.39. The highest BCUT2D eigenvalue weighted by Crippen LogP contribution is 2.35. The van der Waals surface area contributed by atoms with Crippen molar-refractivity contribution in [2.45, 2.75) is 37.8 Å². The summed E-state index contributed by atoms with van der Waals surface area (Å²) in [5, 5.41) is 2.15. The van der Waals surface area contributed by atoms with Gasteiger partial charge in [-0.2, -0.15) is 0 Å². The second kappa shape index (κ2) is 5.95. The van der Waals surface area contributed by atoms with Crippen LogP contribution in [0.1, 0.15) is 30.6 Å². The average Bonchev–Trinajstić information content (AvgIpc) is 3.19. The lowest BCUT2D eigenvalue weighted by molar-refractivity contribution is -0.172.